The number of carbonyl (C=O) groups excluding carboxylic acids is 2. The Kier molecular flexibility index (Phi) is 11.5. The molecule has 0 saturated heterocycles. The van der Waals surface area contributed by atoms with Crippen LogP contribution < -0.4 is 15.9 Å². The van der Waals surface area contributed by atoms with Gasteiger partial charge >= 0.3 is 23.9 Å². The van der Waals surface area contributed by atoms with Crippen molar-refractivity contribution in [2.45, 2.75) is 51.6 Å². The van der Waals surface area contributed by atoms with Gasteiger partial charge in [-0.15, -0.1) is 0 Å². The van der Waals surface area contributed by atoms with Crippen LogP contribution >= 0.6 is 0 Å². The van der Waals surface area contributed by atoms with Crippen molar-refractivity contribution in [2.75, 3.05) is 6.54 Å². The van der Waals surface area contributed by atoms with Gasteiger partial charge in [0.1, 0.15) is 17.8 Å². The van der Waals surface area contributed by atoms with Crippen LogP contribution in [0.4, 0.5) is 4.79 Å². The molecular weight excluding hydrogens is 361 g/mol. The van der Waals surface area contributed by atoms with Gasteiger partial charge in [0, 0.05) is 6.42 Å². The predicted octanol–water partition coefficient (Wildman–Crippen LogP) is -1.04. The van der Waals surface area contributed by atoms with Gasteiger partial charge in [0.15, 0.2) is 0 Å². The maximum absolute atomic E-state index is 11.9. The van der Waals surface area contributed by atoms with E-state index in [4.69, 9.17) is 10.2 Å². The van der Waals surface area contributed by atoms with Gasteiger partial charge in [-0.2, -0.15) is 0 Å². The number of carboxylic acid groups (broad SMARTS) is 3. The van der Waals surface area contributed by atoms with Crippen LogP contribution in [0, 0.1) is 5.92 Å². The lowest BCUT2D eigenvalue weighted by Crippen LogP contribution is -2.51. The van der Waals surface area contributed by atoms with Gasteiger partial charge in [-0.05, 0) is 38.6 Å². The molecule has 12 heteroatoms. The Morgan fingerprint density at radius 2 is 1.41 bits per heavy atom. The van der Waals surface area contributed by atoms with Crippen molar-refractivity contribution in [1.82, 2.24) is 15.9 Å². The van der Waals surface area contributed by atoms with Crippen LogP contribution in [0.1, 0.15) is 39.5 Å². The maximum Gasteiger partial charge on any atom is 0.326 e. The Hall–Kier alpha value is -2.63. The van der Waals surface area contributed by atoms with E-state index in [2.05, 4.69) is 15.9 Å². The Bertz CT molecular complexity index is 557. The zero-order valence-electron chi connectivity index (χ0n) is 15.4. The number of urea groups is 1. The summed E-state index contributed by atoms with van der Waals surface area (Å²) in [6.45, 7) is 3.81. The smallest absolute Gasteiger partial charge is 0.326 e. The van der Waals surface area contributed by atoms with Crippen LogP contribution in [0.3, 0.4) is 0 Å². The Labute approximate surface area is 157 Å². The summed E-state index contributed by atoms with van der Waals surface area (Å²) >= 11 is 0. The molecule has 27 heavy (non-hydrogen) atoms. The summed E-state index contributed by atoms with van der Waals surface area (Å²) in [7, 11) is 0.222. The quantitative estimate of drug-likeness (QED) is 0.203. The highest BCUT2D eigenvalue weighted by Gasteiger charge is 2.25. The molecule has 0 aliphatic carbocycles. The fourth-order valence-corrected chi connectivity index (χ4v) is 2.19. The van der Waals surface area contributed by atoms with Gasteiger partial charge in [0.2, 0.25) is 0 Å². The molecule has 152 valence electrons. The zero-order valence-corrected chi connectivity index (χ0v) is 15.4. The van der Waals surface area contributed by atoms with Crippen molar-refractivity contribution >= 4 is 37.0 Å². The summed E-state index contributed by atoms with van der Waals surface area (Å²) in [5.74, 6) is -3.84. The lowest BCUT2D eigenvalue weighted by Gasteiger charge is -2.19. The normalized spacial score (nSPS) is 13.7. The van der Waals surface area contributed by atoms with Gasteiger partial charge in [-0.25, -0.2) is 14.4 Å². The average molecular weight is 387 g/mol. The molecule has 0 fully saturated rings. The van der Waals surface area contributed by atoms with E-state index in [0.29, 0.717) is 13.0 Å². The number of carboxylic acids is 3. The molecule has 0 heterocycles. The first-order chi connectivity index (χ1) is 12.5. The first-order valence-electron chi connectivity index (χ1n) is 8.47. The minimum Gasteiger partial charge on any atom is -0.481 e. The first kappa shape index (κ1) is 24.4. The molecule has 0 aliphatic heterocycles. The third-order valence-electron chi connectivity index (χ3n) is 3.67. The highest BCUT2D eigenvalue weighted by atomic mass is 16.4. The zero-order chi connectivity index (χ0) is 21.0. The van der Waals surface area contributed by atoms with E-state index in [1.807, 2.05) is 6.92 Å². The van der Waals surface area contributed by atoms with E-state index in [0.717, 1.165) is 0 Å². The van der Waals surface area contributed by atoms with Crippen molar-refractivity contribution < 1.29 is 39.3 Å². The van der Waals surface area contributed by atoms with Crippen LogP contribution in [0.5, 0.6) is 0 Å². The Morgan fingerprint density at radius 3 is 1.85 bits per heavy atom. The van der Waals surface area contributed by atoms with Crippen molar-refractivity contribution in [3.05, 3.63) is 0 Å². The second-order valence-corrected chi connectivity index (χ2v) is 6.35. The van der Waals surface area contributed by atoms with E-state index in [1.54, 1.807) is 0 Å². The van der Waals surface area contributed by atoms with Gasteiger partial charge in [0.05, 0.1) is 0 Å². The molecule has 0 aromatic heterocycles. The Balaban J connectivity index is 4.51. The molecule has 0 bridgehead atoms. The topological polar surface area (TPSA) is 182 Å². The van der Waals surface area contributed by atoms with Crippen molar-refractivity contribution in [3.63, 3.8) is 0 Å². The lowest BCUT2D eigenvalue weighted by molar-refractivity contribution is -0.140. The molecule has 3 atom stereocenters. The number of amides is 2. The summed E-state index contributed by atoms with van der Waals surface area (Å²) in [6.07, 6.45) is -0.221. The summed E-state index contributed by atoms with van der Waals surface area (Å²) in [6, 6.07) is -3.66. The summed E-state index contributed by atoms with van der Waals surface area (Å²) in [5.41, 5.74) is -0.0140. The molecule has 6 N–H and O–H groups in total. The first-order valence-corrected chi connectivity index (χ1v) is 8.47. The van der Waals surface area contributed by atoms with E-state index in [9.17, 15) is 29.1 Å². The van der Waals surface area contributed by atoms with E-state index in [-0.39, 0.29) is 31.9 Å². The van der Waals surface area contributed by atoms with E-state index < -0.39 is 42.4 Å². The second kappa shape index (κ2) is 12.7. The number of hydrogen-bond donors (Lipinski definition) is 6. The summed E-state index contributed by atoms with van der Waals surface area (Å²) < 4.78 is 0. The van der Waals surface area contributed by atoms with Crippen molar-refractivity contribution in [1.29, 1.82) is 0 Å². The average Bonchev–Trinajstić information content (AvgIpc) is 2.54. The highest BCUT2D eigenvalue weighted by molar-refractivity contribution is 6.71. The second-order valence-electron chi connectivity index (χ2n) is 6.35. The molecule has 0 aromatic carbocycles. The van der Waals surface area contributed by atoms with Crippen molar-refractivity contribution in [3.8, 4) is 0 Å². The molecule has 0 aliphatic rings. The number of rotatable bonds is 14. The maximum atomic E-state index is 11.9. The fourth-order valence-electron chi connectivity index (χ4n) is 2.19. The van der Waals surface area contributed by atoms with Gasteiger partial charge in [-0.1, -0.05) is 6.92 Å². The minimum atomic E-state index is -1.44. The molecule has 0 saturated carbocycles. The molecule has 0 radical (unpaired) electrons. The molecule has 0 aromatic rings. The van der Waals surface area contributed by atoms with Crippen LogP contribution in [0.25, 0.3) is 0 Å². The van der Waals surface area contributed by atoms with Gasteiger partial charge < -0.3 is 36.0 Å². The number of nitrogens with one attached hydrogen (secondary N) is 3. The monoisotopic (exact) mass is 387 g/mol. The van der Waals surface area contributed by atoms with Crippen LogP contribution in [-0.4, -0.2) is 71.0 Å². The molecule has 2 amide bonds. The fraction of sp³-hybridized carbons (Fsp3) is 0.667. The standard InChI is InChI=1S/C15H26BN3O8/c1-8(7-17-16-9(2)20)3-4-10(13(23)24)18-15(27)19-11(14(25)26)5-6-12(21)22/h8,10-11,16-17H,3-7H2,1-2H3,(H,21,22)(H,23,24)(H,25,26)(H2,18,19,27)/t8?,10-,11-/m0/s1. The molecule has 1 unspecified atom stereocenters. The SMILES string of the molecule is CC(=O)BNCC(C)CC[C@H](NC(=O)N[C@@H](CCC(=O)O)C(=O)O)C(=O)O. The molecule has 0 rings (SSSR count). The van der Waals surface area contributed by atoms with E-state index in [1.165, 1.54) is 6.92 Å². The third kappa shape index (κ3) is 12.4. The summed E-state index contributed by atoms with van der Waals surface area (Å²) in [5, 5.41) is 34.0. The molecule has 11 nitrogen and oxygen atoms in total. The van der Waals surface area contributed by atoms with Crippen LogP contribution in [-0.2, 0) is 19.2 Å². The lowest BCUT2D eigenvalue weighted by atomic mass is 9.87. The highest BCUT2D eigenvalue weighted by Crippen LogP contribution is 2.08. The minimum absolute atomic E-state index is 0.0140. The third-order valence-corrected chi connectivity index (χ3v) is 3.67. The van der Waals surface area contributed by atoms with Crippen LogP contribution in [0.15, 0.2) is 0 Å². The molecular formula is C15H26BN3O8. The summed E-state index contributed by atoms with van der Waals surface area (Å²) in [4.78, 5) is 55.6. The van der Waals surface area contributed by atoms with Crippen LogP contribution in [0.2, 0.25) is 0 Å². The largest absolute Gasteiger partial charge is 0.481 e. The Morgan fingerprint density at radius 1 is 0.889 bits per heavy atom. The van der Waals surface area contributed by atoms with Gasteiger partial charge in [0.25, 0.3) is 7.41 Å². The molecule has 0 spiro atoms. The van der Waals surface area contributed by atoms with E-state index >= 15 is 0 Å². The number of aliphatic carboxylic acids is 3. The van der Waals surface area contributed by atoms with Crippen molar-refractivity contribution in [2.24, 2.45) is 5.92 Å². The number of hydrogen-bond acceptors (Lipinski definition) is 6. The predicted molar refractivity (Wildman–Crippen MR) is 95.6 cm³/mol. The number of carbonyl (C=O) groups is 5. The van der Waals surface area contributed by atoms with Gasteiger partial charge in [-0.3, -0.25) is 4.79 Å².